The molecule has 0 unspecified atom stereocenters. The molecule has 0 saturated carbocycles. The van der Waals surface area contributed by atoms with E-state index in [0.717, 1.165) is 16.9 Å². The Kier molecular flexibility index (Phi) is 4.13. The SMILES string of the molecule is Cc1ccccc1-n1ncc(C(=O)Nc2cccc(C#N)c2)c1C. The number of rotatable bonds is 3. The topological polar surface area (TPSA) is 70.7 Å². The van der Waals surface area contributed by atoms with E-state index in [9.17, 15) is 4.79 Å². The van der Waals surface area contributed by atoms with Crippen molar-refractivity contribution in [2.75, 3.05) is 5.32 Å². The summed E-state index contributed by atoms with van der Waals surface area (Å²) in [5.74, 6) is -0.248. The summed E-state index contributed by atoms with van der Waals surface area (Å²) in [7, 11) is 0. The van der Waals surface area contributed by atoms with Crippen molar-refractivity contribution in [3.63, 3.8) is 0 Å². The van der Waals surface area contributed by atoms with Crippen molar-refractivity contribution in [2.45, 2.75) is 13.8 Å². The third-order valence-corrected chi connectivity index (χ3v) is 3.85. The zero-order chi connectivity index (χ0) is 17.1. The molecule has 1 N–H and O–H groups in total. The van der Waals surface area contributed by atoms with Gasteiger partial charge in [-0.05, 0) is 43.7 Å². The number of nitrogens with zero attached hydrogens (tertiary/aromatic N) is 3. The summed E-state index contributed by atoms with van der Waals surface area (Å²) < 4.78 is 1.76. The van der Waals surface area contributed by atoms with Gasteiger partial charge in [0.1, 0.15) is 0 Å². The van der Waals surface area contributed by atoms with E-state index in [1.807, 2.05) is 38.1 Å². The maximum atomic E-state index is 12.5. The van der Waals surface area contributed by atoms with Crippen LogP contribution in [0, 0.1) is 25.2 Å². The molecule has 118 valence electrons. The van der Waals surface area contributed by atoms with Crippen molar-refractivity contribution >= 4 is 11.6 Å². The molecule has 5 heteroatoms. The third-order valence-electron chi connectivity index (χ3n) is 3.85. The fourth-order valence-electron chi connectivity index (χ4n) is 2.54. The van der Waals surface area contributed by atoms with Gasteiger partial charge in [0.2, 0.25) is 0 Å². The quantitative estimate of drug-likeness (QED) is 0.802. The van der Waals surface area contributed by atoms with E-state index in [-0.39, 0.29) is 5.91 Å². The van der Waals surface area contributed by atoms with Gasteiger partial charge >= 0.3 is 0 Å². The Morgan fingerprint density at radius 2 is 1.96 bits per heavy atom. The van der Waals surface area contributed by atoms with Gasteiger partial charge < -0.3 is 5.32 Å². The lowest BCUT2D eigenvalue weighted by atomic mass is 10.2. The van der Waals surface area contributed by atoms with Crippen LogP contribution in [-0.2, 0) is 0 Å². The molecule has 2 aromatic carbocycles. The third kappa shape index (κ3) is 2.90. The standard InChI is InChI=1S/C19H16N4O/c1-13-6-3-4-9-18(13)23-14(2)17(12-21-23)19(24)22-16-8-5-7-15(10-16)11-20/h3-10,12H,1-2H3,(H,22,24). The smallest absolute Gasteiger partial charge is 0.259 e. The molecule has 0 aliphatic heterocycles. The van der Waals surface area contributed by atoms with Gasteiger partial charge in [0.15, 0.2) is 0 Å². The molecule has 5 nitrogen and oxygen atoms in total. The Balaban J connectivity index is 1.89. The van der Waals surface area contributed by atoms with E-state index in [2.05, 4.69) is 16.5 Å². The fraction of sp³-hybridized carbons (Fsp3) is 0.105. The van der Waals surface area contributed by atoms with Crippen LogP contribution in [0.2, 0.25) is 0 Å². The highest BCUT2D eigenvalue weighted by molar-refractivity contribution is 6.05. The number of nitriles is 1. The maximum absolute atomic E-state index is 12.5. The van der Waals surface area contributed by atoms with Crippen LogP contribution in [0.4, 0.5) is 5.69 Å². The second-order valence-electron chi connectivity index (χ2n) is 5.49. The van der Waals surface area contributed by atoms with E-state index in [4.69, 9.17) is 5.26 Å². The number of aryl methyl sites for hydroxylation is 1. The molecule has 0 aliphatic rings. The second-order valence-corrected chi connectivity index (χ2v) is 5.49. The number of amides is 1. The number of anilines is 1. The van der Waals surface area contributed by atoms with Gasteiger partial charge in [0.05, 0.1) is 34.8 Å². The molecule has 0 saturated heterocycles. The molecule has 0 fully saturated rings. The molecule has 1 heterocycles. The summed E-state index contributed by atoms with van der Waals surface area (Å²) in [6.45, 7) is 3.86. The minimum absolute atomic E-state index is 0.248. The molecule has 1 amide bonds. The van der Waals surface area contributed by atoms with E-state index in [1.54, 1.807) is 35.1 Å². The summed E-state index contributed by atoms with van der Waals surface area (Å²) in [5.41, 5.74) is 4.37. The highest BCUT2D eigenvalue weighted by atomic mass is 16.1. The first-order valence-electron chi connectivity index (χ1n) is 7.52. The van der Waals surface area contributed by atoms with Gasteiger partial charge in [0.25, 0.3) is 5.91 Å². The Morgan fingerprint density at radius 3 is 2.71 bits per heavy atom. The molecule has 0 aliphatic carbocycles. The first kappa shape index (κ1) is 15.5. The largest absolute Gasteiger partial charge is 0.322 e. The molecule has 1 aromatic heterocycles. The number of hydrogen-bond acceptors (Lipinski definition) is 3. The number of nitrogens with one attached hydrogen (secondary N) is 1. The molecule has 0 radical (unpaired) electrons. The molecule has 0 bridgehead atoms. The normalized spacial score (nSPS) is 10.2. The first-order chi connectivity index (χ1) is 11.6. The van der Waals surface area contributed by atoms with E-state index >= 15 is 0 Å². The second kappa shape index (κ2) is 6.39. The van der Waals surface area contributed by atoms with E-state index < -0.39 is 0 Å². The van der Waals surface area contributed by atoms with Gasteiger partial charge in [-0.2, -0.15) is 10.4 Å². The minimum atomic E-state index is -0.248. The van der Waals surface area contributed by atoms with Crippen LogP contribution in [-0.4, -0.2) is 15.7 Å². The van der Waals surface area contributed by atoms with Crippen molar-refractivity contribution in [3.05, 3.63) is 77.1 Å². The van der Waals surface area contributed by atoms with Crippen LogP contribution in [0.15, 0.2) is 54.7 Å². The van der Waals surface area contributed by atoms with Crippen LogP contribution < -0.4 is 5.32 Å². The molecule has 0 spiro atoms. The number of benzene rings is 2. The Hall–Kier alpha value is -3.39. The maximum Gasteiger partial charge on any atom is 0.259 e. The highest BCUT2D eigenvalue weighted by Crippen LogP contribution is 2.19. The van der Waals surface area contributed by atoms with Crippen LogP contribution in [0.25, 0.3) is 5.69 Å². The number of carbonyl (C=O) groups is 1. The zero-order valence-electron chi connectivity index (χ0n) is 13.4. The minimum Gasteiger partial charge on any atom is -0.322 e. The van der Waals surface area contributed by atoms with Crippen molar-refractivity contribution in [1.82, 2.24) is 9.78 Å². The van der Waals surface area contributed by atoms with Crippen molar-refractivity contribution in [3.8, 4) is 11.8 Å². The predicted octanol–water partition coefficient (Wildman–Crippen LogP) is 3.61. The fourth-order valence-corrected chi connectivity index (χ4v) is 2.54. The molecular formula is C19H16N4O. The lowest BCUT2D eigenvalue weighted by Crippen LogP contribution is -2.13. The van der Waals surface area contributed by atoms with Gasteiger partial charge in [0, 0.05) is 5.69 Å². The molecular weight excluding hydrogens is 300 g/mol. The Bertz CT molecular complexity index is 950. The lowest BCUT2D eigenvalue weighted by Gasteiger charge is -2.09. The van der Waals surface area contributed by atoms with Crippen LogP contribution in [0.1, 0.15) is 27.2 Å². The predicted molar refractivity (Wildman–Crippen MR) is 92.1 cm³/mol. The number of carbonyl (C=O) groups excluding carboxylic acids is 1. The summed E-state index contributed by atoms with van der Waals surface area (Å²) in [6.07, 6.45) is 1.56. The number of para-hydroxylation sites is 1. The van der Waals surface area contributed by atoms with Gasteiger partial charge in [-0.25, -0.2) is 4.68 Å². The Labute approximate surface area is 140 Å². The number of hydrogen-bond donors (Lipinski definition) is 1. The molecule has 0 atom stereocenters. The van der Waals surface area contributed by atoms with Crippen molar-refractivity contribution in [1.29, 1.82) is 5.26 Å². The van der Waals surface area contributed by atoms with E-state index in [0.29, 0.717) is 16.8 Å². The van der Waals surface area contributed by atoms with Crippen LogP contribution in [0.5, 0.6) is 0 Å². The average Bonchev–Trinajstić information content (AvgIpc) is 2.97. The lowest BCUT2D eigenvalue weighted by molar-refractivity contribution is 0.102. The average molecular weight is 316 g/mol. The van der Waals surface area contributed by atoms with E-state index in [1.165, 1.54) is 0 Å². The van der Waals surface area contributed by atoms with Gasteiger partial charge in [-0.1, -0.05) is 24.3 Å². The first-order valence-corrected chi connectivity index (χ1v) is 7.52. The van der Waals surface area contributed by atoms with Crippen molar-refractivity contribution < 1.29 is 4.79 Å². The molecule has 24 heavy (non-hydrogen) atoms. The zero-order valence-corrected chi connectivity index (χ0v) is 13.4. The molecule has 3 rings (SSSR count). The monoisotopic (exact) mass is 316 g/mol. The Morgan fingerprint density at radius 1 is 1.17 bits per heavy atom. The van der Waals surface area contributed by atoms with Gasteiger partial charge in [-0.15, -0.1) is 0 Å². The van der Waals surface area contributed by atoms with Crippen LogP contribution >= 0.6 is 0 Å². The summed E-state index contributed by atoms with van der Waals surface area (Å²) in [5, 5.41) is 16.1. The highest BCUT2D eigenvalue weighted by Gasteiger charge is 2.16. The summed E-state index contributed by atoms with van der Waals surface area (Å²) in [4.78, 5) is 12.5. The number of aromatic nitrogens is 2. The summed E-state index contributed by atoms with van der Waals surface area (Å²) >= 11 is 0. The van der Waals surface area contributed by atoms with Crippen LogP contribution in [0.3, 0.4) is 0 Å². The van der Waals surface area contributed by atoms with Gasteiger partial charge in [-0.3, -0.25) is 4.79 Å². The summed E-state index contributed by atoms with van der Waals surface area (Å²) in [6, 6.07) is 16.7. The molecule has 3 aromatic rings. The van der Waals surface area contributed by atoms with Crippen molar-refractivity contribution in [2.24, 2.45) is 0 Å².